The van der Waals surface area contributed by atoms with Crippen LogP contribution in [0.25, 0.3) is 0 Å². The number of aromatic nitrogens is 2. The Labute approximate surface area is 172 Å². The average molecular weight is 389 g/mol. The molecule has 1 aromatic carbocycles. The van der Waals surface area contributed by atoms with Crippen molar-refractivity contribution in [2.24, 2.45) is 0 Å². The molecule has 150 valence electrons. The zero-order chi connectivity index (χ0) is 20.6. The van der Waals surface area contributed by atoms with Gasteiger partial charge in [-0.3, -0.25) is 9.78 Å². The van der Waals surface area contributed by atoms with E-state index in [1.807, 2.05) is 43.7 Å². The van der Waals surface area contributed by atoms with Crippen molar-refractivity contribution in [1.29, 1.82) is 0 Å². The van der Waals surface area contributed by atoms with Crippen molar-refractivity contribution in [1.82, 2.24) is 9.97 Å². The zero-order valence-corrected chi connectivity index (χ0v) is 17.4. The lowest BCUT2D eigenvalue weighted by Crippen LogP contribution is -2.21. The normalized spacial score (nSPS) is 10.6. The molecule has 0 bridgehead atoms. The van der Waals surface area contributed by atoms with Crippen LogP contribution in [-0.4, -0.2) is 29.5 Å². The number of para-hydroxylation sites is 1. The van der Waals surface area contributed by atoms with Crippen molar-refractivity contribution in [3.05, 3.63) is 83.4 Å². The molecular formula is C24H28N4O. The van der Waals surface area contributed by atoms with E-state index in [2.05, 4.69) is 46.2 Å². The highest BCUT2D eigenvalue weighted by Crippen LogP contribution is 2.23. The number of amides is 1. The Balaban J connectivity index is 1.66. The molecule has 2 heterocycles. The molecule has 29 heavy (non-hydrogen) atoms. The summed E-state index contributed by atoms with van der Waals surface area (Å²) in [5, 5.41) is 3.07. The predicted molar refractivity (Wildman–Crippen MR) is 119 cm³/mol. The van der Waals surface area contributed by atoms with Crippen molar-refractivity contribution in [2.75, 3.05) is 23.8 Å². The second-order valence-electron chi connectivity index (χ2n) is 7.04. The lowest BCUT2D eigenvalue weighted by molar-refractivity contribution is 0.102. The number of hydrogen-bond donors (Lipinski definition) is 1. The number of hydrogen-bond acceptors (Lipinski definition) is 4. The number of likely N-dealkylation sites (N-methyl/N-ethyl adjacent to an activating group) is 1. The van der Waals surface area contributed by atoms with E-state index in [0.717, 1.165) is 48.3 Å². The summed E-state index contributed by atoms with van der Waals surface area (Å²) in [5.74, 6) is -0.174. The maximum absolute atomic E-state index is 12.7. The van der Waals surface area contributed by atoms with Gasteiger partial charge in [0, 0.05) is 31.7 Å². The number of nitrogens with zero attached hydrogens (tertiary/aromatic N) is 3. The molecule has 5 heteroatoms. The molecule has 5 nitrogen and oxygen atoms in total. The van der Waals surface area contributed by atoms with Crippen LogP contribution in [0.2, 0.25) is 0 Å². The molecular weight excluding hydrogens is 360 g/mol. The van der Waals surface area contributed by atoms with Crippen LogP contribution in [0.5, 0.6) is 0 Å². The van der Waals surface area contributed by atoms with Crippen LogP contribution in [0.15, 0.2) is 61.1 Å². The van der Waals surface area contributed by atoms with Gasteiger partial charge >= 0.3 is 0 Å². The third kappa shape index (κ3) is 5.19. The van der Waals surface area contributed by atoms with Crippen LogP contribution >= 0.6 is 0 Å². The molecule has 0 spiro atoms. The van der Waals surface area contributed by atoms with Gasteiger partial charge in [0.1, 0.15) is 5.69 Å². The molecule has 0 saturated carbocycles. The standard InChI is InChI=1S/C24H28N4O/c1-4-19-7-6-8-20(5-2)23(19)27-24(29)22-10-9-21(17-26-22)28(3)16-13-18-11-14-25-15-12-18/h6-12,14-15,17H,4-5,13,16H2,1-3H3,(H,27,29). The van der Waals surface area contributed by atoms with Gasteiger partial charge in [-0.25, -0.2) is 4.98 Å². The number of anilines is 2. The number of benzene rings is 1. The monoisotopic (exact) mass is 388 g/mol. The number of nitrogens with one attached hydrogen (secondary N) is 1. The molecule has 3 aromatic rings. The topological polar surface area (TPSA) is 58.1 Å². The lowest BCUT2D eigenvalue weighted by Gasteiger charge is -2.19. The summed E-state index contributed by atoms with van der Waals surface area (Å²) in [7, 11) is 2.03. The summed E-state index contributed by atoms with van der Waals surface area (Å²) >= 11 is 0. The maximum Gasteiger partial charge on any atom is 0.274 e. The first-order valence-electron chi connectivity index (χ1n) is 10.1. The quantitative estimate of drug-likeness (QED) is 0.616. The first-order chi connectivity index (χ1) is 14.1. The van der Waals surface area contributed by atoms with E-state index in [1.54, 1.807) is 12.3 Å². The highest BCUT2D eigenvalue weighted by molar-refractivity contribution is 6.03. The molecule has 0 fully saturated rings. The van der Waals surface area contributed by atoms with E-state index in [1.165, 1.54) is 5.56 Å². The Morgan fingerprint density at radius 2 is 1.69 bits per heavy atom. The fourth-order valence-electron chi connectivity index (χ4n) is 3.30. The third-order valence-corrected chi connectivity index (χ3v) is 5.14. The molecule has 0 unspecified atom stereocenters. The minimum Gasteiger partial charge on any atom is -0.373 e. The van der Waals surface area contributed by atoms with E-state index in [4.69, 9.17) is 0 Å². The molecule has 0 aliphatic heterocycles. The molecule has 0 saturated heterocycles. The minimum atomic E-state index is -0.174. The molecule has 1 amide bonds. The Morgan fingerprint density at radius 1 is 1.00 bits per heavy atom. The Morgan fingerprint density at radius 3 is 2.28 bits per heavy atom. The fraction of sp³-hybridized carbons (Fsp3) is 0.292. The fourth-order valence-corrected chi connectivity index (χ4v) is 3.30. The van der Waals surface area contributed by atoms with Gasteiger partial charge in [0.05, 0.1) is 11.9 Å². The van der Waals surface area contributed by atoms with Crippen molar-refractivity contribution in [3.63, 3.8) is 0 Å². The van der Waals surface area contributed by atoms with Crippen LogP contribution in [-0.2, 0) is 19.3 Å². The second-order valence-corrected chi connectivity index (χ2v) is 7.04. The molecule has 1 N–H and O–H groups in total. The van der Waals surface area contributed by atoms with Gasteiger partial charge in [-0.2, -0.15) is 0 Å². The summed E-state index contributed by atoms with van der Waals surface area (Å²) in [6.45, 7) is 5.06. The summed E-state index contributed by atoms with van der Waals surface area (Å²) in [5.41, 5.74) is 5.86. The third-order valence-electron chi connectivity index (χ3n) is 5.14. The maximum atomic E-state index is 12.7. The molecule has 3 rings (SSSR count). The van der Waals surface area contributed by atoms with Gasteiger partial charge in [-0.15, -0.1) is 0 Å². The smallest absolute Gasteiger partial charge is 0.274 e. The molecule has 0 radical (unpaired) electrons. The Kier molecular flexibility index (Phi) is 6.95. The van der Waals surface area contributed by atoms with Gasteiger partial charge in [0.25, 0.3) is 5.91 Å². The highest BCUT2D eigenvalue weighted by Gasteiger charge is 2.13. The number of pyridine rings is 2. The number of rotatable bonds is 8. The summed E-state index contributed by atoms with van der Waals surface area (Å²) in [6, 6.07) is 13.9. The largest absolute Gasteiger partial charge is 0.373 e. The van der Waals surface area contributed by atoms with Gasteiger partial charge in [0.15, 0.2) is 0 Å². The van der Waals surface area contributed by atoms with E-state index in [0.29, 0.717) is 5.69 Å². The summed E-state index contributed by atoms with van der Waals surface area (Å²) in [6.07, 6.45) is 8.05. The van der Waals surface area contributed by atoms with E-state index < -0.39 is 0 Å². The van der Waals surface area contributed by atoms with Gasteiger partial charge in [-0.05, 0) is 60.2 Å². The van der Waals surface area contributed by atoms with Crippen LogP contribution in [0.3, 0.4) is 0 Å². The van der Waals surface area contributed by atoms with Crippen molar-refractivity contribution < 1.29 is 4.79 Å². The summed E-state index contributed by atoms with van der Waals surface area (Å²) in [4.78, 5) is 23.3. The number of aryl methyl sites for hydroxylation is 2. The van der Waals surface area contributed by atoms with Crippen LogP contribution in [0, 0.1) is 0 Å². The molecule has 0 aliphatic rings. The van der Waals surface area contributed by atoms with Crippen molar-refractivity contribution in [2.45, 2.75) is 33.1 Å². The average Bonchev–Trinajstić information content (AvgIpc) is 2.78. The Bertz CT molecular complexity index is 917. The highest BCUT2D eigenvalue weighted by atomic mass is 16.1. The number of carbonyl (C=O) groups is 1. The first-order valence-corrected chi connectivity index (χ1v) is 10.1. The van der Waals surface area contributed by atoms with E-state index >= 15 is 0 Å². The number of carbonyl (C=O) groups excluding carboxylic acids is 1. The predicted octanol–water partition coefficient (Wildman–Crippen LogP) is 4.53. The minimum absolute atomic E-state index is 0.174. The van der Waals surface area contributed by atoms with E-state index in [9.17, 15) is 4.79 Å². The second kappa shape index (κ2) is 9.82. The molecule has 0 aliphatic carbocycles. The molecule has 0 atom stereocenters. The van der Waals surface area contributed by atoms with Gasteiger partial charge in [0.2, 0.25) is 0 Å². The van der Waals surface area contributed by atoms with Crippen LogP contribution in [0.1, 0.15) is 41.0 Å². The van der Waals surface area contributed by atoms with Crippen molar-refractivity contribution >= 4 is 17.3 Å². The summed E-state index contributed by atoms with van der Waals surface area (Å²) < 4.78 is 0. The van der Waals surface area contributed by atoms with Crippen LogP contribution < -0.4 is 10.2 Å². The first kappa shape index (κ1) is 20.5. The van der Waals surface area contributed by atoms with Gasteiger partial charge in [-0.1, -0.05) is 32.0 Å². The molecule has 2 aromatic heterocycles. The lowest BCUT2D eigenvalue weighted by atomic mass is 10.0. The zero-order valence-electron chi connectivity index (χ0n) is 17.4. The Hall–Kier alpha value is -3.21. The SMILES string of the molecule is CCc1cccc(CC)c1NC(=O)c1ccc(N(C)CCc2ccncc2)cn1. The van der Waals surface area contributed by atoms with Gasteiger partial charge < -0.3 is 10.2 Å². The van der Waals surface area contributed by atoms with E-state index in [-0.39, 0.29) is 5.91 Å². The van der Waals surface area contributed by atoms with Crippen molar-refractivity contribution in [3.8, 4) is 0 Å². The van der Waals surface area contributed by atoms with Crippen LogP contribution in [0.4, 0.5) is 11.4 Å².